The summed E-state index contributed by atoms with van der Waals surface area (Å²) >= 11 is 17.7. The molecule has 0 aromatic rings. The Morgan fingerprint density at radius 3 is 2.50 bits per heavy atom. The molecule has 130 valence electrons. The molecular weight excluding hydrogens is 381 g/mol. The maximum atomic E-state index is 11.7. The highest BCUT2D eigenvalue weighted by molar-refractivity contribution is 7.99. The van der Waals surface area contributed by atoms with Gasteiger partial charge in [-0.2, -0.15) is 0 Å². The second-order valence-electron chi connectivity index (χ2n) is 4.52. The van der Waals surface area contributed by atoms with Crippen LogP contribution < -0.4 is 5.32 Å². The Hall–Kier alpha value is 0.330. The molecule has 1 aliphatic rings. The Balaban J connectivity index is 2.69. The zero-order valence-electron chi connectivity index (χ0n) is 11.6. The van der Waals surface area contributed by atoms with Gasteiger partial charge in [-0.3, -0.25) is 0 Å². The molecule has 0 spiro atoms. The van der Waals surface area contributed by atoms with Crippen LogP contribution in [-0.4, -0.2) is 74.0 Å². The van der Waals surface area contributed by atoms with Crippen molar-refractivity contribution in [3.8, 4) is 0 Å². The minimum atomic E-state index is -1.75. The van der Waals surface area contributed by atoms with Gasteiger partial charge in [0.25, 0.3) is 0 Å². The van der Waals surface area contributed by atoms with E-state index in [0.717, 1.165) is 0 Å². The van der Waals surface area contributed by atoms with E-state index in [1.807, 2.05) is 6.92 Å². The van der Waals surface area contributed by atoms with Crippen molar-refractivity contribution in [1.29, 1.82) is 0 Å². The number of carbonyl (C=O) groups excluding carboxylic acids is 1. The number of alkyl carbamates (subject to hydrolysis) is 1. The number of amides is 1. The van der Waals surface area contributed by atoms with Gasteiger partial charge in [-0.25, -0.2) is 4.79 Å². The lowest BCUT2D eigenvalue weighted by Crippen LogP contribution is -2.63. The average molecular weight is 399 g/mol. The summed E-state index contributed by atoms with van der Waals surface area (Å²) in [6.45, 7) is 0.932. The molecule has 4 N–H and O–H groups in total. The zero-order valence-corrected chi connectivity index (χ0v) is 14.7. The van der Waals surface area contributed by atoms with Gasteiger partial charge in [0.05, 0.1) is 12.6 Å². The third-order valence-corrected chi connectivity index (χ3v) is 4.26. The SMILES string of the molecule is CCS[C@@H]1O[C@H](CO)[C@@H](O)[C@H](O)[C@@H]1NC(=O)OCC(Cl)(Cl)Cl. The van der Waals surface area contributed by atoms with Crippen molar-refractivity contribution < 1.29 is 29.6 Å². The predicted octanol–water partition coefficient (Wildman–Crippen LogP) is 0.643. The fourth-order valence-corrected chi connectivity index (χ4v) is 3.02. The van der Waals surface area contributed by atoms with E-state index in [-0.39, 0.29) is 0 Å². The first-order valence-corrected chi connectivity index (χ1v) is 8.62. The summed E-state index contributed by atoms with van der Waals surface area (Å²) in [5.74, 6) is 0.632. The topological polar surface area (TPSA) is 108 Å². The molecule has 0 unspecified atom stereocenters. The normalized spacial score (nSPS) is 32.6. The van der Waals surface area contributed by atoms with Crippen molar-refractivity contribution in [2.24, 2.45) is 0 Å². The monoisotopic (exact) mass is 397 g/mol. The molecule has 0 bridgehead atoms. The van der Waals surface area contributed by atoms with Crippen LogP contribution in [0.25, 0.3) is 0 Å². The average Bonchev–Trinajstić information content (AvgIpc) is 2.44. The number of hydrogen-bond acceptors (Lipinski definition) is 7. The van der Waals surface area contributed by atoms with Crippen molar-refractivity contribution in [2.75, 3.05) is 19.0 Å². The van der Waals surface area contributed by atoms with Gasteiger partial charge in [0.2, 0.25) is 3.79 Å². The molecule has 0 aliphatic carbocycles. The Morgan fingerprint density at radius 2 is 2.00 bits per heavy atom. The second kappa shape index (κ2) is 8.98. The number of carbonyl (C=O) groups is 1. The summed E-state index contributed by atoms with van der Waals surface area (Å²) in [6, 6.07) is -0.939. The Morgan fingerprint density at radius 1 is 1.36 bits per heavy atom. The number of aliphatic hydroxyl groups is 3. The minimum Gasteiger partial charge on any atom is -0.445 e. The summed E-state index contributed by atoms with van der Waals surface area (Å²) in [4.78, 5) is 11.7. The van der Waals surface area contributed by atoms with Crippen LogP contribution in [0.2, 0.25) is 0 Å². The van der Waals surface area contributed by atoms with Gasteiger partial charge in [0.15, 0.2) is 0 Å². The maximum absolute atomic E-state index is 11.7. The molecule has 22 heavy (non-hydrogen) atoms. The summed E-state index contributed by atoms with van der Waals surface area (Å²) in [5.41, 5.74) is -0.666. The number of alkyl halides is 3. The summed E-state index contributed by atoms with van der Waals surface area (Å²) in [7, 11) is 0. The largest absolute Gasteiger partial charge is 0.445 e. The molecule has 1 fully saturated rings. The van der Waals surface area contributed by atoms with Crippen LogP contribution in [-0.2, 0) is 9.47 Å². The number of thioether (sulfide) groups is 1. The molecule has 0 radical (unpaired) electrons. The van der Waals surface area contributed by atoms with Crippen molar-refractivity contribution in [3.05, 3.63) is 0 Å². The molecule has 0 saturated carbocycles. The molecule has 0 aromatic carbocycles. The highest BCUT2D eigenvalue weighted by Crippen LogP contribution is 2.29. The van der Waals surface area contributed by atoms with E-state index in [0.29, 0.717) is 5.75 Å². The molecule has 11 heteroatoms. The van der Waals surface area contributed by atoms with Crippen LogP contribution in [0.5, 0.6) is 0 Å². The van der Waals surface area contributed by atoms with Gasteiger partial charge in [0.1, 0.15) is 30.4 Å². The minimum absolute atomic E-state index is 0.455. The van der Waals surface area contributed by atoms with E-state index in [4.69, 9.17) is 49.4 Å². The van der Waals surface area contributed by atoms with Crippen molar-refractivity contribution in [2.45, 2.75) is 40.5 Å². The summed E-state index contributed by atoms with van der Waals surface area (Å²) < 4.78 is 8.44. The fraction of sp³-hybridized carbons (Fsp3) is 0.909. The lowest BCUT2D eigenvalue weighted by molar-refractivity contribution is -0.170. The fourth-order valence-electron chi connectivity index (χ4n) is 1.87. The zero-order chi connectivity index (χ0) is 16.9. The van der Waals surface area contributed by atoms with Crippen LogP contribution in [0.1, 0.15) is 6.92 Å². The Kier molecular flexibility index (Phi) is 8.32. The second-order valence-corrected chi connectivity index (χ2v) is 8.41. The number of halogens is 3. The van der Waals surface area contributed by atoms with Crippen LogP contribution >= 0.6 is 46.6 Å². The van der Waals surface area contributed by atoms with Gasteiger partial charge in [-0.1, -0.05) is 41.7 Å². The highest BCUT2D eigenvalue weighted by Gasteiger charge is 2.45. The number of hydrogen-bond donors (Lipinski definition) is 4. The van der Waals surface area contributed by atoms with E-state index in [2.05, 4.69) is 5.32 Å². The van der Waals surface area contributed by atoms with Crippen LogP contribution in [0.4, 0.5) is 4.79 Å². The molecular formula is C11H18Cl3NO6S. The van der Waals surface area contributed by atoms with Gasteiger partial charge in [-0.15, -0.1) is 11.8 Å². The Labute approximate surface area is 147 Å². The van der Waals surface area contributed by atoms with E-state index in [1.54, 1.807) is 0 Å². The number of ether oxygens (including phenoxy) is 2. The molecule has 0 aromatic heterocycles. The first kappa shape index (κ1) is 20.4. The van der Waals surface area contributed by atoms with E-state index in [9.17, 15) is 15.0 Å². The van der Waals surface area contributed by atoms with Crippen LogP contribution in [0, 0.1) is 0 Å². The van der Waals surface area contributed by atoms with Gasteiger partial charge in [0, 0.05) is 0 Å². The van der Waals surface area contributed by atoms with Crippen LogP contribution in [0.3, 0.4) is 0 Å². The Bertz CT molecular complexity index is 372. The smallest absolute Gasteiger partial charge is 0.407 e. The van der Waals surface area contributed by atoms with E-state index in [1.165, 1.54) is 11.8 Å². The summed E-state index contributed by atoms with van der Waals surface area (Å²) in [5, 5.41) is 31.5. The quantitative estimate of drug-likeness (QED) is 0.503. The third kappa shape index (κ3) is 6.09. The highest BCUT2D eigenvalue weighted by atomic mass is 35.6. The molecule has 1 saturated heterocycles. The van der Waals surface area contributed by atoms with Crippen molar-refractivity contribution in [1.82, 2.24) is 5.32 Å². The number of nitrogens with one attached hydrogen (secondary N) is 1. The first-order valence-electron chi connectivity index (χ1n) is 6.43. The van der Waals surface area contributed by atoms with Gasteiger partial charge >= 0.3 is 6.09 Å². The van der Waals surface area contributed by atoms with Crippen LogP contribution in [0.15, 0.2) is 0 Å². The predicted molar refractivity (Wildman–Crippen MR) is 84.5 cm³/mol. The first-order chi connectivity index (χ1) is 10.2. The van der Waals surface area contributed by atoms with E-state index < -0.39 is 52.9 Å². The number of rotatable bonds is 5. The van der Waals surface area contributed by atoms with Crippen molar-refractivity contribution >= 4 is 52.7 Å². The van der Waals surface area contributed by atoms with Gasteiger partial charge in [-0.05, 0) is 5.75 Å². The number of aliphatic hydroxyl groups excluding tert-OH is 3. The standard InChI is InChI=1S/C11H18Cl3NO6S/c1-2-22-9-6(8(18)7(17)5(3-16)21-9)15-10(19)20-4-11(12,13)14/h5-9,16-18H,2-4H2,1H3,(H,15,19)/t5-,6+,7-,8-,9+/m1/s1. The molecule has 1 heterocycles. The molecule has 1 amide bonds. The molecule has 5 atom stereocenters. The lowest BCUT2D eigenvalue weighted by Gasteiger charge is -2.42. The van der Waals surface area contributed by atoms with Crippen molar-refractivity contribution in [3.63, 3.8) is 0 Å². The van der Waals surface area contributed by atoms with Gasteiger partial charge < -0.3 is 30.1 Å². The molecule has 7 nitrogen and oxygen atoms in total. The molecule has 1 aliphatic heterocycles. The lowest BCUT2D eigenvalue weighted by atomic mass is 9.98. The summed E-state index contributed by atoms with van der Waals surface area (Å²) in [6.07, 6.45) is -4.54. The maximum Gasteiger partial charge on any atom is 0.407 e. The van der Waals surface area contributed by atoms with E-state index >= 15 is 0 Å². The third-order valence-electron chi connectivity index (χ3n) is 2.86. The molecule has 1 rings (SSSR count).